The highest BCUT2D eigenvalue weighted by molar-refractivity contribution is 7.67. The first-order chi connectivity index (χ1) is 15.7. The van der Waals surface area contributed by atoms with E-state index in [0.29, 0.717) is 16.4 Å². The van der Waals surface area contributed by atoms with Crippen LogP contribution in [0.25, 0.3) is 10.4 Å². The Morgan fingerprint density at radius 2 is 1.79 bits per heavy atom. The Morgan fingerprint density at radius 3 is 2.42 bits per heavy atom. The molecule has 0 radical (unpaired) electrons. The normalized spacial score (nSPS) is 15.5. The maximum Gasteiger partial charge on any atom is 0.348 e. The first kappa shape index (κ1) is 23.3. The molecule has 7 heteroatoms. The molecule has 170 valence electrons. The van der Waals surface area contributed by atoms with Gasteiger partial charge in [-0.05, 0) is 62.1 Å². The monoisotopic (exact) mass is 479 g/mol. The number of hydrogen-bond donors (Lipinski definition) is 3. The minimum atomic E-state index is -4.02. The van der Waals surface area contributed by atoms with E-state index in [4.69, 9.17) is 0 Å². The van der Waals surface area contributed by atoms with Crippen LogP contribution in [0.1, 0.15) is 52.0 Å². The Balaban J connectivity index is 1.60. The highest BCUT2D eigenvalue weighted by atomic mass is 32.1. The van der Waals surface area contributed by atoms with E-state index < -0.39 is 13.5 Å². The summed E-state index contributed by atoms with van der Waals surface area (Å²) in [6.45, 7) is 3.67. The average Bonchev–Trinajstić information content (AvgIpc) is 3.42. The lowest BCUT2D eigenvalue weighted by Crippen LogP contribution is -2.15. The largest absolute Gasteiger partial charge is 0.477 e. The standard InChI is InChI=1S/C26H26NO4PS/c1-17-7-14-23(18(2)15-17)32(30,31)27-22-16-24(33-25(22)26(28)29)21-12-10-20(11-13-21)9-8-19-5-3-4-6-19/h7,10-16,19H,3-6H2,1-2H3,(H,28,29)(H2,27,30,31). The molecule has 0 saturated heterocycles. The smallest absolute Gasteiger partial charge is 0.348 e. The molecule has 0 amide bonds. The number of aromatic carboxylic acids is 1. The average molecular weight is 480 g/mol. The highest BCUT2D eigenvalue weighted by Gasteiger charge is 2.27. The van der Waals surface area contributed by atoms with Crippen LogP contribution in [0, 0.1) is 31.6 Å². The molecule has 0 aliphatic heterocycles. The Morgan fingerprint density at radius 1 is 1.09 bits per heavy atom. The molecule has 5 nitrogen and oxygen atoms in total. The summed E-state index contributed by atoms with van der Waals surface area (Å²) in [5, 5.41) is 12.6. The third-order valence-corrected chi connectivity index (χ3v) is 8.69. The van der Waals surface area contributed by atoms with Crippen molar-refractivity contribution in [1.82, 2.24) is 0 Å². The molecule has 3 aromatic rings. The number of aryl methyl sites for hydroxylation is 2. The van der Waals surface area contributed by atoms with E-state index in [-0.39, 0.29) is 15.9 Å². The van der Waals surface area contributed by atoms with Crippen LogP contribution in [-0.4, -0.2) is 16.0 Å². The van der Waals surface area contributed by atoms with Crippen molar-refractivity contribution in [3.63, 3.8) is 0 Å². The summed E-state index contributed by atoms with van der Waals surface area (Å²) in [7, 11) is -4.02. The van der Waals surface area contributed by atoms with Gasteiger partial charge >= 0.3 is 13.5 Å². The number of thiophene rings is 1. The van der Waals surface area contributed by atoms with E-state index in [0.717, 1.165) is 28.0 Å². The lowest BCUT2D eigenvalue weighted by molar-refractivity contribution is 0.0703. The van der Waals surface area contributed by atoms with Gasteiger partial charge in [-0.3, -0.25) is 4.57 Å². The van der Waals surface area contributed by atoms with Gasteiger partial charge in [0.2, 0.25) is 0 Å². The summed E-state index contributed by atoms with van der Waals surface area (Å²) < 4.78 is 13.1. The maximum atomic E-state index is 13.1. The Kier molecular flexibility index (Phi) is 6.76. The molecule has 4 rings (SSSR count). The predicted octanol–water partition coefficient (Wildman–Crippen LogP) is 6.19. The van der Waals surface area contributed by atoms with Crippen molar-refractivity contribution in [1.29, 1.82) is 0 Å². The SMILES string of the molecule is Cc1ccc(P(=O)(O)Nc2cc(-c3ccc(C#CC4CCCC4)cc3)sc2C(=O)O)c(C)c1. The fourth-order valence-corrected chi connectivity index (χ4v) is 6.59. The second-order valence-electron chi connectivity index (χ2n) is 8.46. The zero-order chi connectivity index (χ0) is 23.6. The summed E-state index contributed by atoms with van der Waals surface area (Å²) in [5.41, 5.74) is 3.56. The van der Waals surface area contributed by atoms with Crippen LogP contribution in [0.2, 0.25) is 0 Å². The highest BCUT2D eigenvalue weighted by Crippen LogP contribution is 2.45. The molecule has 3 N–H and O–H groups in total. The third-order valence-electron chi connectivity index (χ3n) is 5.82. The Bertz CT molecular complexity index is 1290. The van der Waals surface area contributed by atoms with E-state index in [2.05, 4.69) is 16.9 Å². The summed E-state index contributed by atoms with van der Waals surface area (Å²) in [6, 6.07) is 14.5. The fourth-order valence-electron chi connectivity index (χ4n) is 4.12. The molecular weight excluding hydrogens is 453 g/mol. The number of nitrogens with one attached hydrogen (secondary N) is 1. The van der Waals surface area contributed by atoms with Crippen LogP contribution in [0.15, 0.2) is 48.5 Å². The Labute approximate surface area is 198 Å². The molecule has 1 aliphatic rings. The summed E-state index contributed by atoms with van der Waals surface area (Å²) in [5.74, 6) is 5.92. The van der Waals surface area contributed by atoms with E-state index in [1.165, 1.54) is 25.7 Å². The number of anilines is 1. The quantitative estimate of drug-likeness (QED) is 0.300. The van der Waals surface area contributed by atoms with Gasteiger partial charge in [-0.1, -0.05) is 54.5 Å². The number of benzene rings is 2. The van der Waals surface area contributed by atoms with E-state index in [1.54, 1.807) is 25.1 Å². The van der Waals surface area contributed by atoms with Gasteiger partial charge in [-0.2, -0.15) is 0 Å². The van der Waals surface area contributed by atoms with Gasteiger partial charge in [0.25, 0.3) is 0 Å². The molecule has 1 fully saturated rings. The van der Waals surface area contributed by atoms with E-state index in [9.17, 15) is 19.4 Å². The topological polar surface area (TPSA) is 86.6 Å². The van der Waals surface area contributed by atoms with E-state index >= 15 is 0 Å². The molecule has 1 aliphatic carbocycles. The van der Waals surface area contributed by atoms with Gasteiger partial charge in [0.1, 0.15) is 4.88 Å². The molecule has 1 aromatic heterocycles. The molecule has 1 saturated carbocycles. The molecule has 33 heavy (non-hydrogen) atoms. The minimum absolute atomic E-state index is 0.00542. The minimum Gasteiger partial charge on any atom is -0.477 e. The number of rotatable bonds is 5. The van der Waals surface area contributed by atoms with Crippen molar-refractivity contribution in [3.05, 3.63) is 70.1 Å². The number of hydrogen-bond acceptors (Lipinski definition) is 3. The van der Waals surface area contributed by atoms with Gasteiger partial charge in [0.05, 0.1) is 11.0 Å². The molecule has 2 aromatic carbocycles. The molecule has 1 heterocycles. The van der Waals surface area contributed by atoms with Crippen molar-refractivity contribution in [3.8, 4) is 22.3 Å². The van der Waals surface area contributed by atoms with Crippen molar-refractivity contribution in [2.24, 2.45) is 5.92 Å². The second kappa shape index (κ2) is 9.57. The van der Waals surface area contributed by atoms with Crippen LogP contribution in [0.4, 0.5) is 5.69 Å². The van der Waals surface area contributed by atoms with Crippen LogP contribution in [0.5, 0.6) is 0 Å². The van der Waals surface area contributed by atoms with Gasteiger partial charge < -0.3 is 15.1 Å². The third kappa shape index (κ3) is 5.39. The first-order valence-electron chi connectivity index (χ1n) is 10.9. The maximum absolute atomic E-state index is 13.1. The molecule has 0 bridgehead atoms. The van der Waals surface area contributed by atoms with Crippen LogP contribution in [-0.2, 0) is 4.57 Å². The van der Waals surface area contributed by atoms with Crippen molar-refractivity contribution in [2.75, 3.05) is 5.09 Å². The van der Waals surface area contributed by atoms with Crippen molar-refractivity contribution in [2.45, 2.75) is 39.5 Å². The first-order valence-corrected chi connectivity index (χ1v) is 13.4. The lowest BCUT2D eigenvalue weighted by atomic mass is 10.1. The van der Waals surface area contributed by atoms with Gasteiger partial charge in [-0.15, -0.1) is 11.3 Å². The second-order valence-corrected chi connectivity index (χ2v) is 11.4. The fraction of sp³-hybridized carbons (Fsp3) is 0.269. The lowest BCUT2D eigenvalue weighted by Gasteiger charge is -2.16. The van der Waals surface area contributed by atoms with Gasteiger partial charge in [-0.25, -0.2) is 4.79 Å². The molecule has 1 unspecified atom stereocenters. The van der Waals surface area contributed by atoms with Gasteiger partial charge in [0.15, 0.2) is 0 Å². The molecule has 1 atom stereocenters. The van der Waals surface area contributed by atoms with Gasteiger partial charge in [0, 0.05) is 16.4 Å². The summed E-state index contributed by atoms with van der Waals surface area (Å²) in [6.07, 6.45) is 4.85. The molecular formula is C26H26NO4PS. The number of carboxylic acid groups (broad SMARTS) is 1. The van der Waals surface area contributed by atoms with Crippen molar-refractivity contribution >= 4 is 35.8 Å². The summed E-state index contributed by atoms with van der Waals surface area (Å²) >= 11 is 1.07. The van der Waals surface area contributed by atoms with Crippen LogP contribution in [0.3, 0.4) is 0 Å². The zero-order valence-electron chi connectivity index (χ0n) is 18.6. The predicted molar refractivity (Wildman–Crippen MR) is 135 cm³/mol. The zero-order valence-corrected chi connectivity index (χ0v) is 20.3. The van der Waals surface area contributed by atoms with Crippen LogP contribution >= 0.6 is 18.9 Å². The van der Waals surface area contributed by atoms with Crippen molar-refractivity contribution < 1.29 is 19.4 Å². The summed E-state index contributed by atoms with van der Waals surface area (Å²) in [4.78, 5) is 23.3. The van der Waals surface area contributed by atoms with Crippen LogP contribution < -0.4 is 10.4 Å². The van der Waals surface area contributed by atoms with E-state index in [1.807, 2.05) is 37.3 Å². The number of carbonyl (C=O) groups is 1. The Hall–Kier alpha value is -2.84. The number of carboxylic acids is 1. The molecule has 0 spiro atoms.